The van der Waals surface area contributed by atoms with Gasteiger partial charge in [0, 0.05) is 18.1 Å². The van der Waals surface area contributed by atoms with Crippen LogP contribution in [0.15, 0.2) is 48.5 Å². The molecule has 2 aromatic carbocycles. The van der Waals surface area contributed by atoms with Crippen LogP contribution in [0.2, 0.25) is 0 Å². The molecule has 2 unspecified atom stereocenters. The predicted octanol–water partition coefficient (Wildman–Crippen LogP) is 4.22. The number of nitro benzene ring substituents is 1. The number of nitrogens with zero attached hydrogens (tertiary/aromatic N) is 1. The van der Waals surface area contributed by atoms with E-state index in [2.05, 4.69) is 10.1 Å². The number of amides is 1. The highest BCUT2D eigenvalue weighted by Crippen LogP contribution is 2.43. The standard InChI is InChI=1S/C21H20F3N2O9P/c1-33-18(27)16(25-20(29)34-12-13-5-3-2-4-6-13)9-10-35-36(32)19(28)14-7-8-17(26(30)31)15(11-14)21(22,23)24/h2-8,11,16,19,28H,9-10,12H2,1H3/p+1/t16-,19?/m0/s1. The minimum atomic E-state index is -5.10. The minimum Gasteiger partial charge on any atom is -0.467 e. The molecular formula is C21H21F3N2O9P+. The number of esters is 1. The molecule has 0 aliphatic rings. The second-order valence-electron chi connectivity index (χ2n) is 7.09. The van der Waals surface area contributed by atoms with Gasteiger partial charge < -0.3 is 19.9 Å². The van der Waals surface area contributed by atoms with E-state index in [0.717, 1.165) is 13.2 Å². The highest BCUT2D eigenvalue weighted by molar-refractivity contribution is 7.39. The summed E-state index contributed by atoms with van der Waals surface area (Å²) in [7, 11) is -1.97. The number of benzene rings is 2. The van der Waals surface area contributed by atoms with E-state index in [1.54, 1.807) is 30.3 Å². The number of alkyl halides is 3. The summed E-state index contributed by atoms with van der Waals surface area (Å²) in [6, 6.07) is 9.04. The molecule has 0 fully saturated rings. The lowest BCUT2D eigenvalue weighted by Crippen LogP contribution is -2.42. The van der Waals surface area contributed by atoms with Crippen LogP contribution in [0.3, 0.4) is 0 Å². The maximum Gasteiger partial charge on any atom is 0.545 e. The quantitative estimate of drug-likeness (QED) is 0.187. The first kappa shape index (κ1) is 28.6. The van der Waals surface area contributed by atoms with Gasteiger partial charge in [-0.3, -0.25) is 10.1 Å². The molecule has 2 N–H and O–H groups in total. The SMILES string of the molecule is COC(=O)[C@H](CCO[P+](=O)C(O)c1ccc([N+](=O)[O-])c(C(F)(F)F)c1)NC(=O)OCc1ccccc1. The van der Waals surface area contributed by atoms with E-state index >= 15 is 0 Å². The topological polar surface area (TPSA) is 154 Å². The molecule has 0 aromatic heterocycles. The van der Waals surface area contributed by atoms with Crippen molar-refractivity contribution in [3.63, 3.8) is 0 Å². The molecule has 36 heavy (non-hydrogen) atoms. The molecule has 2 aromatic rings. The van der Waals surface area contributed by atoms with Crippen molar-refractivity contribution in [2.45, 2.75) is 31.1 Å². The molecule has 0 radical (unpaired) electrons. The van der Waals surface area contributed by atoms with Crippen LogP contribution in [0.25, 0.3) is 0 Å². The summed E-state index contributed by atoms with van der Waals surface area (Å²) in [5.74, 6) is -2.93. The Hall–Kier alpha value is -3.61. The lowest BCUT2D eigenvalue weighted by Gasteiger charge is -2.15. The van der Waals surface area contributed by atoms with Crippen molar-refractivity contribution < 1.29 is 51.4 Å². The number of rotatable bonds is 11. The van der Waals surface area contributed by atoms with E-state index in [-0.39, 0.29) is 13.0 Å². The normalized spacial score (nSPS) is 13.3. The van der Waals surface area contributed by atoms with Gasteiger partial charge in [0.2, 0.25) is 0 Å². The third kappa shape index (κ3) is 8.26. The molecule has 0 spiro atoms. The van der Waals surface area contributed by atoms with Crippen LogP contribution < -0.4 is 5.32 Å². The van der Waals surface area contributed by atoms with E-state index in [0.29, 0.717) is 17.7 Å². The molecule has 0 saturated carbocycles. The van der Waals surface area contributed by atoms with Crippen LogP contribution in [0, 0.1) is 10.1 Å². The summed E-state index contributed by atoms with van der Waals surface area (Å²) in [6.45, 7) is -0.561. The smallest absolute Gasteiger partial charge is 0.467 e. The first-order valence-corrected chi connectivity index (χ1v) is 11.4. The fourth-order valence-corrected chi connectivity index (χ4v) is 3.68. The molecule has 3 atom stereocenters. The second kappa shape index (κ2) is 12.9. The van der Waals surface area contributed by atoms with Gasteiger partial charge in [-0.05, 0) is 22.3 Å². The van der Waals surface area contributed by atoms with Gasteiger partial charge in [-0.15, -0.1) is 4.52 Å². The van der Waals surface area contributed by atoms with Crippen molar-refractivity contribution in [3.05, 3.63) is 75.3 Å². The molecule has 0 aliphatic heterocycles. The first-order valence-electron chi connectivity index (χ1n) is 10.1. The predicted molar refractivity (Wildman–Crippen MR) is 117 cm³/mol. The van der Waals surface area contributed by atoms with Crippen molar-refractivity contribution >= 4 is 25.8 Å². The molecular weight excluding hydrogens is 512 g/mol. The Balaban J connectivity index is 1.97. The summed E-state index contributed by atoms with van der Waals surface area (Å²) in [5.41, 5.74) is -2.70. The van der Waals surface area contributed by atoms with Crippen LogP contribution in [0.5, 0.6) is 0 Å². The number of aliphatic hydroxyl groups is 1. The lowest BCUT2D eigenvalue weighted by atomic mass is 10.1. The Morgan fingerprint density at radius 3 is 2.44 bits per heavy atom. The van der Waals surface area contributed by atoms with E-state index < -0.39 is 66.5 Å². The van der Waals surface area contributed by atoms with E-state index in [1.807, 2.05) is 0 Å². The molecule has 0 bridgehead atoms. The summed E-state index contributed by atoms with van der Waals surface area (Å²) >= 11 is 0. The van der Waals surface area contributed by atoms with Crippen molar-refractivity contribution in [2.75, 3.05) is 13.7 Å². The van der Waals surface area contributed by atoms with Gasteiger partial charge in [0.1, 0.15) is 24.8 Å². The summed E-state index contributed by atoms with van der Waals surface area (Å²) in [5, 5.41) is 23.2. The Labute approximate surface area is 203 Å². The first-order chi connectivity index (χ1) is 16.9. The number of nitro groups is 1. The van der Waals surface area contributed by atoms with Crippen LogP contribution in [-0.2, 0) is 36.1 Å². The zero-order valence-corrected chi connectivity index (χ0v) is 19.5. The maximum absolute atomic E-state index is 13.1. The fraction of sp³-hybridized carbons (Fsp3) is 0.333. The average molecular weight is 533 g/mol. The molecule has 2 rings (SSSR count). The van der Waals surface area contributed by atoms with Crippen LogP contribution in [-0.4, -0.2) is 41.9 Å². The summed E-state index contributed by atoms with van der Waals surface area (Å²) < 4.78 is 66.2. The second-order valence-corrected chi connectivity index (χ2v) is 8.41. The number of hydrogen-bond donors (Lipinski definition) is 2. The Morgan fingerprint density at radius 2 is 1.86 bits per heavy atom. The van der Waals surface area contributed by atoms with E-state index in [4.69, 9.17) is 9.26 Å². The highest BCUT2D eigenvalue weighted by atomic mass is 31.1. The highest BCUT2D eigenvalue weighted by Gasteiger charge is 2.41. The Bertz CT molecular complexity index is 1100. The lowest BCUT2D eigenvalue weighted by molar-refractivity contribution is -0.388. The summed E-state index contributed by atoms with van der Waals surface area (Å²) in [4.78, 5) is 33.6. The van der Waals surface area contributed by atoms with Gasteiger partial charge in [-0.2, -0.15) is 13.2 Å². The molecule has 1 amide bonds. The zero-order chi connectivity index (χ0) is 26.9. The number of hydrogen-bond acceptors (Lipinski definition) is 9. The van der Waals surface area contributed by atoms with Gasteiger partial charge >= 0.3 is 32.1 Å². The third-order valence-corrected chi connectivity index (χ3v) is 5.77. The minimum absolute atomic E-state index is 0.0791. The molecule has 15 heteroatoms. The number of ether oxygens (including phenoxy) is 2. The fourth-order valence-electron chi connectivity index (χ4n) is 2.85. The van der Waals surface area contributed by atoms with Crippen molar-refractivity contribution in [1.29, 1.82) is 0 Å². The Morgan fingerprint density at radius 1 is 1.19 bits per heavy atom. The molecule has 0 saturated heterocycles. The molecule has 0 aliphatic carbocycles. The van der Waals surface area contributed by atoms with Crippen molar-refractivity contribution in [3.8, 4) is 0 Å². The monoisotopic (exact) mass is 533 g/mol. The molecule has 0 heterocycles. The molecule has 194 valence electrons. The van der Waals surface area contributed by atoms with E-state index in [1.165, 1.54) is 0 Å². The van der Waals surface area contributed by atoms with Crippen LogP contribution in [0.1, 0.15) is 29.0 Å². The number of carbonyl (C=O) groups is 2. The number of nitrogens with one attached hydrogen (secondary N) is 1. The number of aliphatic hydroxyl groups excluding tert-OH is 1. The average Bonchev–Trinajstić information content (AvgIpc) is 2.85. The largest absolute Gasteiger partial charge is 0.545 e. The summed E-state index contributed by atoms with van der Waals surface area (Å²) in [6.07, 6.45) is -6.34. The number of methoxy groups -OCH3 is 1. The molecule has 11 nitrogen and oxygen atoms in total. The number of halogens is 3. The Kier molecular flexibility index (Phi) is 10.3. The van der Waals surface area contributed by atoms with Gasteiger partial charge in [-0.25, -0.2) is 9.59 Å². The van der Waals surface area contributed by atoms with Crippen molar-refractivity contribution in [2.24, 2.45) is 0 Å². The third-order valence-electron chi connectivity index (χ3n) is 4.64. The van der Waals surface area contributed by atoms with E-state index in [9.17, 15) is 42.5 Å². The number of alkyl carbamates (subject to hydrolysis) is 1. The van der Waals surface area contributed by atoms with Gasteiger partial charge in [0.25, 0.3) is 5.69 Å². The maximum atomic E-state index is 13.1. The van der Waals surface area contributed by atoms with Gasteiger partial charge in [0.05, 0.1) is 12.0 Å². The number of carbonyl (C=O) groups excluding carboxylic acids is 2. The van der Waals surface area contributed by atoms with Crippen LogP contribution >= 0.6 is 8.03 Å². The van der Waals surface area contributed by atoms with Crippen molar-refractivity contribution in [1.82, 2.24) is 5.32 Å². The van der Waals surface area contributed by atoms with Gasteiger partial charge in [-0.1, -0.05) is 30.3 Å². The zero-order valence-electron chi connectivity index (χ0n) is 18.6. The van der Waals surface area contributed by atoms with Crippen LogP contribution in [0.4, 0.5) is 23.7 Å². The van der Waals surface area contributed by atoms with Gasteiger partial charge in [0.15, 0.2) is 0 Å².